The van der Waals surface area contributed by atoms with Crippen molar-refractivity contribution in [1.29, 1.82) is 0 Å². The van der Waals surface area contributed by atoms with E-state index in [1.165, 1.54) is 6.42 Å². The Morgan fingerprint density at radius 3 is 2.69 bits per heavy atom. The Morgan fingerprint density at radius 1 is 1.25 bits per heavy atom. The lowest BCUT2D eigenvalue weighted by atomic mass is 9.88. The molecule has 1 atom stereocenters. The number of aromatic nitrogens is 3. The zero-order valence-electron chi connectivity index (χ0n) is 17.7. The van der Waals surface area contributed by atoms with Crippen LogP contribution in [0.4, 0.5) is 0 Å². The Balaban J connectivity index is 1.82. The van der Waals surface area contributed by atoms with Crippen LogP contribution in [0, 0.1) is 0 Å². The number of benzene rings is 1. The summed E-state index contributed by atoms with van der Waals surface area (Å²) in [5, 5.41) is 22.4. The molecule has 1 aliphatic carbocycles. The zero-order valence-corrected chi connectivity index (χ0v) is 19.2. The van der Waals surface area contributed by atoms with Crippen molar-refractivity contribution in [2.24, 2.45) is 10.7 Å². The van der Waals surface area contributed by atoms with E-state index in [9.17, 15) is 9.90 Å². The molecule has 0 radical (unpaired) electrons. The number of nitrogens with two attached hydrogens (primary N) is 1. The van der Waals surface area contributed by atoms with Crippen LogP contribution in [0.1, 0.15) is 72.6 Å². The van der Waals surface area contributed by atoms with Crippen molar-refractivity contribution in [3.8, 4) is 5.00 Å². The number of thiophene rings is 1. The predicted octanol–water partition coefficient (Wildman–Crippen LogP) is 3.30. The van der Waals surface area contributed by atoms with Crippen LogP contribution in [-0.2, 0) is 16.9 Å². The molecule has 3 heterocycles. The molecule has 2 aromatic heterocycles. The fourth-order valence-corrected chi connectivity index (χ4v) is 5.92. The van der Waals surface area contributed by atoms with Crippen LogP contribution in [0.2, 0.25) is 5.02 Å². The quantitative estimate of drug-likeness (QED) is 0.631. The topological polar surface area (TPSA) is 109 Å². The van der Waals surface area contributed by atoms with Crippen molar-refractivity contribution in [1.82, 2.24) is 14.8 Å². The van der Waals surface area contributed by atoms with E-state index in [-0.39, 0.29) is 11.7 Å². The maximum Gasteiger partial charge on any atom is 0.209 e. The second-order valence-electron chi connectivity index (χ2n) is 8.33. The lowest BCUT2D eigenvalue weighted by Crippen LogP contribution is -2.53. The zero-order chi connectivity index (χ0) is 22.5. The molecule has 1 fully saturated rings. The first kappa shape index (κ1) is 21.3. The number of aryl methyl sites for hydroxylation is 1. The van der Waals surface area contributed by atoms with Gasteiger partial charge in [0.1, 0.15) is 10.8 Å². The summed E-state index contributed by atoms with van der Waals surface area (Å²) in [4.78, 5) is 18.1. The van der Waals surface area contributed by atoms with E-state index in [1.807, 2.05) is 28.8 Å². The second-order valence-corrected chi connectivity index (χ2v) is 9.85. The molecule has 2 aliphatic rings. The molecule has 1 aromatic carbocycles. The summed E-state index contributed by atoms with van der Waals surface area (Å²) in [6, 6.07) is 9.27. The largest absolute Gasteiger partial charge is 0.545 e. The first-order chi connectivity index (χ1) is 15.4. The number of carboxylic acid groups (broad SMARTS) is 1. The monoisotopic (exact) mass is 468 g/mol. The highest BCUT2D eigenvalue weighted by atomic mass is 35.5. The third kappa shape index (κ3) is 3.29. The molecule has 1 aliphatic heterocycles. The van der Waals surface area contributed by atoms with Crippen molar-refractivity contribution in [3.05, 3.63) is 63.0 Å². The summed E-state index contributed by atoms with van der Waals surface area (Å²) in [5.41, 5.74) is 6.06. The number of carbonyl (C=O) groups excluding carboxylic acids is 1. The van der Waals surface area contributed by atoms with Gasteiger partial charge in [-0.2, -0.15) is 0 Å². The number of carboxylic acids is 1. The maximum atomic E-state index is 12.4. The van der Waals surface area contributed by atoms with E-state index in [4.69, 9.17) is 17.3 Å². The van der Waals surface area contributed by atoms with Crippen LogP contribution in [0.5, 0.6) is 0 Å². The van der Waals surface area contributed by atoms with Gasteiger partial charge in [-0.25, -0.2) is 4.99 Å². The number of halogens is 1. The van der Waals surface area contributed by atoms with Crippen molar-refractivity contribution in [2.45, 2.75) is 57.0 Å². The molecule has 0 spiro atoms. The second kappa shape index (κ2) is 8.10. The lowest BCUT2D eigenvalue weighted by Gasteiger charge is -2.26. The van der Waals surface area contributed by atoms with Crippen LogP contribution in [0.3, 0.4) is 0 Å². The predicted molar refractivity (Wildman–Crippen MR) is 122 cm³/mol. The van der Waals surface area contributed by atoms with Crippen LogP contribution in [0.15, 0.2) is 35.3 Å². The van der Waals surface area contributed by atoms with Gasteiger partial charge in [0.15, 0.2) is 5.82 Å². The van der Waals surface area contributed by atoms with Gasteiger partial charge in [0.05, 0.1) is 11.7 Å². The molecule has 7 nitrogen and oxygen atoms in total. The molecular formula is C23H23ClN5O2S-. The minimum absolute atomic E-state index is 0.0749. The Bertz CT molecular complexity index is 1230. The van der Waals surface area contributed by atoms with Crippen LogP contribution in [-0.4, -0.2) is 26.4 Å². The SMILES string of the molecule is CCc1cc2c(s1)-n1c(C3CCCCC3)nnc1C(N)(C(=O)[O-])N=C2c1ccccc1Cl. The first-order valence-corrected chi connectivity index (χ1v) is 12.1. The Labute approximate surface area is 195 Å². The molecule has 3 aromatic rings. The number of rotatable bonds is 4. The van der Waals surface area contributed by atoms with Gasteiger partial charge in [-0.05, 0) is 31.4 Å². The highest BCUT2D eigenvalue weighted by Crippen LogP contribution is 2.41. The molecule has 32 heavy (non-hydrogen) atoms. The van der Waals surface area contributed by atoms with Crippen molar-refractivity contribution in [3.63, 3.8) is 0 Å². The first-order valence-electron chi connectivity index (χ1n) is 10.9. The summed E-state index contributed by atoms with van der Waals surface area (Å²) in [6.45, 7) is 2.08. The smallest absolute Gasteiger partial charge is 0.209 e. The van der Waals surface area contributed by atoms with E-state index in [2.05, 4.69) is 22.1 Å². The Morgan fingerprint density at radius 2 is 2.00 bits per heavy atom. The van der Waals surface area contributed by atoms with Gasteiger partial charge in [0.25, 0.3) is 0 Å². The molecule has 2 N–H and O–H groups in total. The fraction of sp³-hybridized carbons (Fsp3) is 0.391. The summed E-state index contributed by atoms with van der Waals surface area (Å²) in [6.07, 6.45) is 6.22. The third-order valence-corrected chi connectivity index (χ3v) is 7.89. The van der Waals surface area contributed by atoms with Gasteiger partial charge in [-0.1, -0.05) is 56.0 Å². The van der Waals surface area contributed by atoms with Crippen LogP contribution in [0.25, 0.3) is 5.00 Å². The van der Waals surface area contributed by atoms with Gasteiger partial charge in [-0.15, -0.1) is 21.5 Å². The number of carbonyl (C=O) groups is 1. The molecule has 0 amide bonds. The van der Waals surface area contributed by atoms with E-state index in [1.54, 1.807) is 17.4 Å². The third-order valence-electron chi connectivity index (χ3n) is 6.30. The number of aliphatic carboxylic acids is 1. The average Bonchev–Trinajstić information content (AvgIpc) is 3.41. The molecule has 0 saturated heterocycles. The average molecular weight is 469 g/mol. The highest BCUT2D eigenvalue weighted by Gasteiger charge is 2.42. The van der Waals surface area contributed by atoms with E-state index in [0.29, 0.717) is 16.3 Å². The maximum absolute atomic E-state index is 12.4. The van der Waals surface area contributed by atoms with Crippen LogP contribution < -0.4 is 10.8 Å². The summed E-state index contributed by atoms with van der Waals surface area (Å²) < 4.78 is 1.83. The Hall–Kier alpha value is -2.55. The number of hydrogen-bond acceptors (Lipinski definition) is 7. The van der Waals surface area contributed by atoms with E-state index < -0.39 is 11.6 Å². The molecule has 1 saturated carbocycles. The summed E-state index contributed by atoms with van der Waals surface area (Å²) >= 11 is 8.09. The molecule has 5 rings (SSSR count). The number of nitrogens with zero attached hydrogens (tertiary/aromatic N) is 4. The van der Waals surface area contributed by atoms with Gasteiger partial charge in [-0.3, -0.25) is 10.3 Å². The van der Waals surface area contributed by atoms with E-state index in [0.717, 1.165) is 53.4 Å². The number of hydrogen-bond donors (Lipinski definition) is 1. The molecule has 166 valence electrons. The van der Waals surface area contributed by atoms with Gasteiger partial charge < -0.3 is 9.90 Å². The van der Waals surface area contributed by atoms with Crippen molar-refractivity contribution < 1.29 is 9.90 Å². The number of fused-ring (bicyclic) bond motifs is 3. The number of aliphatic imine (C=N–C) groups is 1. The van der Waals surface area contributed by atoms with Crippen molar-refractivity contribution >= 4 is 34.6 Å². The summed E-state index contributed by atoms with van der Waals surface area (Å²) in [7, 11) is 0. The minimum atomic E-state index is -2.19. The van der Waals surface area contributed by atoms with Gasteiger partial charge in [0, 0.05) is 26.9 Å². The highest BCUT2D eigenvalue weighted by molar-refractivity contribution is 7.15. The van der Waals surface area contributed by atoms with Crippen molar-refractivity contribution in [2.75, 3.05) is 0 Å². The standard InChI is InChI=1S/C23H24ClN5O2S/c1-2-14-12-16-18(15-10-6-7-11-17(15)24)26-23(25,22(30)31)21-28-27-19(29(21)20(16)32-14)13-8-4-3-5-9-13/h6-7,10-13H,2-5,8-9,25H2,1H3,(H,30,31)/p-1. The van der Waals surface area contributed by atoms with Gasteiger partial charge >= 0.3 is 0 Å². The Kier molecular flexibility index (Phi) is 5.39. The minimum Gasteiger partial charge on any atom is -0.545 e. The summed E-state index contributed by atoms with van der Waals surface area (Å²) in [5.74, 6) is -0.516. The molecule has 1 unspecified atom stereocenters. The lowest BCUT2D eigenvalue weighted by molar-refractivity contribution is -0.313. The molecular weight excluding hydrogens is 446 g/mol. The van der Waals surface area contributed by atoms with Gasteiger partial charge in [0.2, 0.25) is 5.66 Å². The fourth-order valence-electron chi connectivity index (χ4n) is 4.59. The van der Waals surface area contributed by atoms with Crippen LogP contribution >= 0.6 is 22.9 Å². The normalized spacial score (nSPS) is 20.9. The van der Waals surface area contributed by atoms with E-state index >= 15 is 0 Å². The molecule has 0 bridgehead atoms. The molecule has 9 heteroatoms.